The average molecular weight is 356 g/mol. The third-order valence-electron chi connectivity index (χ3n) is 3.36. The number of benzene rings is 2. The number of likely N-dealkylation sites (N-methyl/N-ethyl adjacent to an activating group) is 1. The zero-order valence-electron chi connectivity index (χ0n) is 11.8. The maximum absolute atomic E-state index is 13.8. The summed E-state index contributed by atoms with van der Waals surface area (Å²) in [7, 11) is 3.22. The summed E-state index contributed by atoms with van der Waals surface area (Å²) < 4.78 is 32.9. The van der Waals surface area contributed by atoms with E-state index in [9.17, 15) is 8.78 Å². The maximum atomic E-state index is 13.8. The molecule has 2 rings (SSSR count). The van der Waals surface area contributed by atoms with E-state index in [4.69, 9.17) is 4.74 Å². The van der Waals surface area contributed by atoms with Crippen molar-refractivity contribution >= 4 is 15.9 Å². The zero-order valence-corrected chi connectivity index (χ0v) is 13.4. The summed E-state index contributed by atoms with van der Waals surface area (Å²) in [5.41, 5.74) is 1.61. The van der Waals surface area contributed by atoms with Crippen LogP contribution in [0.1, 0.15) is 17.2 Å². The monoisotopic (exact) mass is 355 g/mol. The van der Waals surface area contributed by atoms with E-state index >= 15 is 0 Å². The Morgan fingerprint density at radius 3 is 2.57 bits per heavy atom. The molecule has 0 amide bonds. The van der Waals surface area contributed by atoms with Crippen molar-refractivity contribution in [3.05, 3.63) is 63.6 Å². The fourth-order valence-electron chi connectivity index (χ4n) is 2.21. The molecule has 2 aromatic rings. The van der Waals surface area contributed by atoms with Crippen molar-refractivity contribution in [1.29, 1.82) is 0 Å². The lowest BCUT2D eigenvalue weighted by Crippen LogP contribution is -2.19. The molecule has 0 heterocycles. The molecule has 1 unspecified atom stereocenters. The van der Waals surface area contributed by atoms with Crippen LogP contribution < -0.4 is 10.1 Å². The molecule has 112 valence electrons. The van der Waals surface area contributed by atoms with Crippen LogP contribution in [0.15, 0.2) is 40.9 Å². The van der Waals surface area contributed by atoms with Gasteiger partial charge in [0.2, 0.25) is 0 Å². The second-order valence-electron chi connectivity index (χ2n) is 4.68. The van der Waals surface area contributed by atoms with Crippen molar-refractivity contribution in [2.24, 2.45) is 0 Å². The average Bonchev–Trinajstić information content (AvgIpc) is 2.48. The summed E-state index contributed by atoms with van der Waals surface area (Å²) in [6.45, 7) is 0. The number of rotatable bonds is 5. The largest absolute Gasteiger partial charge is 0.494 e. The van der Waals surface area contributed by atoms with E-state index in [2.05, 4.69) is 21.2 Å². The van der Waals surface area contributed by atoms with Gasteiger partial charge in [-0.05, 0) is 54.9 Å². The number of methoxy groups -OCH3 is 1. The predicted octanol–water partition coefficient (Wildman–Crippen LogP) is 4.24. The van der Waals surface area contributed by atoms with E-state index in [1.54, 1.807) is 25.2 Å². The second-order valence-corrected chi connectivity index (χ2v) is 5.53. The Labute approximate surface area is 131 Å². The van der Waals surface area contributed by atoms with E-state index in [1.807, 2.05) is 0 Å². The van der Waals surface area contributed by atoms with E-state index in [0.717, 1.165) is 15.6 Å². The first kappa shape index (κ1) is 15.9. The highest BCUT2D eigenvalue weighted by Gasteiger charge is 2.15. The first-order valence-electron chi connectivity index (χ1n) is 6.49. The third-order valence-corrected chi connectivity index (χ3v) is 4.13. The summed E-state index contributed by atoms with van der Waals surface area (Å²) in [6.07, 6.45) is 0.542. The van der Waals surface area contributed by atoms with Crippen molar-refractivity contribution in [3.8, 4) is 5.75 Å². The van der Waals surface area contributed by atoms with Crippen molar-refractivity contribution in [2.75, 3.05) is 14.2 Å². The fraction of sp³-hybridized carbons (Fsp3) is 0.250. The summed E-state index contributed by atoms with van der Waals surface area (Å²) in [6, 6.07) is 9.26. The fourth-order valence-corrected chi connectivity index (χ4v) is 2.61. The normalized spacial score (nSPS) is 12.2. The first-order valence-corrected chi connectivity index (χ1v) is 7.29. The van der Waals surface area contributed by atoms with Crippen LogP contribution in [0, 0.1) is 11.6 Å². The predicted molar refractivity (Wildman–Crippen MR) is 82.6 cm³/mol. The third kappa shape index (κ3) is 3.80. The van der Waals surface area contributed by atoms with E-state index in [1.165, 1.54) is 25.3 Å². The molecular weight excluding hydrogens is 340 g/mol. The van der Waals surface area contributed by atoms with Crippen LogP contribution in [-0.2, 0) is 6.42 Å². The Bertz CT molecular complexity index is 634. The van der Waals surface area contributed by atoms with Crippen LogP contribution in [0.4, 0.5) is 8.78 Å². The van der Waals surface area contributed by atoms with Gasteiger partial charge in [-0.3, -0.25) is 0 Å². The van der Waals surface area contributed by atoms with E-state index in [0.29, 0.717) is 6.42 Å². The Morgan fingerprint density at radius 2 is 1.95 bits per heavy atom. The highest BCUT2D eigenvalue weighted by atomic mass is 79.9. The Balaban J connectivity index is 2.27. The van der Waals surface area contributed by atoms with Gasteiger partial charge in [-0.2, -0.15) is 0 Å². The van der Waals surface area contributed by atoms with Gasteiger partial charge in [0.1, 0.15) is 5.82 Å². The Morgan fingerprint density at radius 1 is 1.19 bits per heavy atom. The highest BCUT2D eigenvalue weighted by molar-refractivity contribution is 9.10. The lowest BCUT2D eigenvalue weighted by atomic mass is 9.98. The SMILES string of the molecule is CNC(Cc1cc(F)ccc1Br)c1ccc(OC)c(F)c1. The van der Waals surface area contributed by atoms with Crippen LogP contribution in [0.2, 0.25) is 0 Å². The lowest BCUT2D eigenvalue weighted by Gasteiger charge is -2.18. The lowest BCUT2D eigenvalue weighted by molar-refractivity contribution is 0.385. The van der Waals surface area contributed by atoms with Gasteiger partial charge in [0.05, 0.1) is 7.11 Å². The van der Waals surface area contributed by atoms with Gasteiger partial charge in [0.15, 0.2) is 11.6 Å². The standard InChI is InChI=1S/C16H16BrF2NO/c1-20-15(9-11-7-12(18)4-5-13(11)17)10-3-6-16(21-2)14(19)8-10/h3-8,15,20H,9H2,1-2H3. The first-order chi connectivity index (χ1) is 10.0. The molecule has 0 saturated carbocycles. The Kier molecular flexibility index (Phi) is 5.31. The molecule has 21 heavy (non-hydrogen) atoms. The van der Waals surface area contributed by atoms with E-state index < -0.39 is 5.82 Å². The molecule has 0 aliphatic heterocycles. The molecule has 0 aliphatic rings. The molecule has 0 aromatic heterocycles. The molecule has 1 N–H and O–H groups in total. The van der Waals surface area contributed by atoms with Crippen LogP contribution in [0.3, 0.4) is 0 Å². The molecule has 0 spiro atoms. The minimum Gasteiger partial charge on any atom is -0.494 e. The van der Waals surface area contributed by atoms with Gasteiger partial charge in [-0.25, -0.2) is 8.78 Å². The molecular formula is C16H16BrF2NO. The smallest absolute Gasteiger partial charge is 0.165 e. The zero-order chi connectivity index (χ0) is 15.4. The highest BCUT2D eigenvalue weighted by Crippen LogP contribution is 2.27. The summed E-state index contributed by atoms with van der Waals surface area (Å²) in [4.78, 5) is 0. The van der Waals surface area contributed by atoms with Crippen LogP contribution in [0.5, 0.6) is 5.75 Å². The summed E-state index contributed by atoms with van der Waals surface area (Å²) in [5.74, 6) is -0.488. The summed E-state index contributed by atoms with van der Waals surface area (Å²) >= 11 is 3.41. The van der Waals surface area contributed by atoms with Crippen molar-refractivity contribution in [3.63, 3.8) is 0 Å². The van der Waals surface area contributed by atoms with Crippen LogP contribution >= 0.6 is 15.9 Å². The van der Waals surface area contributed by atoms with E-state index in [-0.39, 0.29) is 17.6 Å². The molecule has 5 heteroatoms. The number of halogens is 3. The van der Waals surface area contributed by atoms with Gasteiger partial charge in [-0.15, -0.1) is 0 Å². The molecule has 0 saturated heterocycles. The minimum absolute atomic E-state index is 0.122. The molecule has 0 radical (unpaired) electrons. The van der Waals surface area contributed by atoms with Crippen molar-refractivity contribution < 1.29 is 13.5 Å². The number of nitrogens with one attached hydrogen (secondary N) is 1. The van der Waals surface area contributed by atoms with Crippen LogP contribution in [-0.4, -0.2) is 14.2 Å². The molecule has 0 fully saturated rings. The number of hydrogen-bond donors (Lipinski definition) is 1. The topological polar surface area (TPSA) is 21.3 Å². The Hall–Kier alpha value is -1.46. The molecule has 2 nitrogen and oxygen atoms in total. The van der Waals surface area contributed by atoms with Crippen molar-refractivity contribution in [1.82, 2.24) is 5.32 Å². The molecule has 0 aliphatic carbocycles. The van der Waals surface area contributed by atoms with Gasteiger partial charge in [0, 0.05) is 10.5 Å². The van der Waals surface area contributed by atoms with Gasteiger partial charge >= 0.3 is 0 Å². The quantitative estimate of drug-likeness (QED) is 0.865. The maximum Gasteiger partial charge on any atom is 0.165 e. The van der Waals surface area contributed by atoms with Gasteiger partial charge in [-0.1, -0.05) is 22.0 Å². The molecule has 2 aromatic carbocycles. The minimum atomic E-state index is -0.409. The number of ether oxygens (including phenoxy) is 1. The number of hydrogen-bond acceptors (Lipinski definition) is 2. The summed E-state index contributed by atoms with van der Waals surface area (Å²) in [5, 5.41) is 3.13. The van der Waals surface area contributed by atoms with Crippen LogP contribution in [0.25, 0.3) is 0 Å². The molecule has 0 bridgehead atoms. The van der Waals surface area contributed by atoms with Gasteiger partial charge in [0.25, 0.3) is 0 Å². The van der Waals surface area contributed by atoms with Gasteiger partial charge < -0.3 is 10.1 Å². The molecule has 1 atom stereocenters. The van der Waals surface area contributed by atoms with Crippen molar-refractivity contribution in [2.45, 2.75) is 12.5 Å². The second kappa shape index (κ2) is 7.00.